The van der Waals surface area contributed by atoms with Crippen molar-refractivity contribution in [1.82, 2.24) is 10.1 Å². The Morgan fingerprint density at radius 1 is 1.32 bits per heavy atom. The van der Waals surface area contributed by atoms with Gasteiger partial charge in [0.15, 0.2) is 5.82 Å². The van der Waals surface area contributed by atoms with Gasteiger partial charge in [-0.15, -0.1) is 12.4 Å². The van der Waals surface area contributed by atoms with E-state index in [1.165, 1.54) is 18.4 Å². The zero-order valence-corrected chi connectivity index (χ0v) is 11.7. The van der Waals surface area contributed by atoms with Crippen LogP contribution in [0.4, 0.5) is 0 Å². The fourth-order valence-electron chi connectivity index (χ4n) is 1.97. The minimum absolute atomic E-state index is 0. The van der Waals surface area contributed by atoms with Gasteiger partial charge in [-0.2, -0.15) is 4.98 Å². The third-order valence-electron chi connectivity index (χ3n) is 3.35. The van der Waals surface area contributed by atoms with E-state index in [9.17, 15) is 0 Å². The summed E-state index contributed by atoms with van der Waals surface area (Å²) in [7, 11) is 0. The summed E-state index contributed by atoms with van der Waals surface area (Å²) in [5.41, 5.74) is 8.35. The van der Waals surface area contributed by atoms with Crippen molar-refractivity contribution in [3.63, 3.8) is 0 Å². The summed E-state index contributed by atoms with van der Waals surface area (Å²) >= 11 is 0. The van der Waals surface area contributed by atoms with Crippen LogP contribution >= 0.6 is 12.4 Å². The maximum Gasteiger partial charge on any atom is 0.248 e. The standard InChI is InChI=1S/C14H17N3O.ClH/c1-9-2-6-11(7-3-9)13(15)14-16-12(17-18-14)8-10-4-5-10;/h2-3,6-7,10,13H,4-5,8,15H2,1H3;1H. The molecule has 5 heteroatoms. The highest BCUT2D eigenvalue weighted by atomic mass is 35.5. The molecule has 1 aromatic carbocycles. The second-order valence-electron chi connectivity index (χ2n) is 5.08. The molecule has 4 nitrogen and oxygen atoms in total. The van der Waals surface area contributed by atoms with Crippen molar-refractivity contribution in [2.75, 3.05) is 0 Å². The van der Waals surface area contributed by atoms with E-state index in [-0.39, 0.29) is 18.4 Å². The first-order valence-corrected chi connectivity index (χ1v) is 6.37. The van der Waals surface area contributed by atoms with Crippen molar-refractivity contribution in [3.8, 4) is 0 Å². The van der Waals surface area contributed by atoms with Gasteiger partial charge in [-0.1, -0.05) is 35.0 Å². The molecule has 2 N–H and O–H groups in total. The summed E-state index contributed by atoms with van der Waals surface area (Å²) in [6.45, 7) is 2.05. The van der Waals surface area contributed by atoms with Crippen LogP contribution < -0.4 is 5.73 Å². The molecule has 1 saturated carbocycles. The molecular weight excluding hydrogens is 262 g/mol. The molecule has 1 aliphatic carbocycles. The first kappa shape index (κ1) is 14.0. The number of hydrogen-bond acceptors (Lipinski definition) is 4. The van der Waals surface area contributed by atoms with Gasteiger partial charge < -0.3 is 10.3 Å². The number of rotatable bonds is 4. The molecule has 1 atom stereocenters. The molecule has 0 saturated heterocycles. The zero-order chi connectivity index (χ0) is 12.5. The highest BCUT2D eigenvalue weighted by Gasteiger charge is 2.25. The van der Waals surface area contributed by atoms with E-state index in [4.69, 9.17) is 10.3 Å². The van der Waals surface area contributed by atoms with Crippen LogP contribution in [0.25, 0.3) is 0 Å². The van der Waals surface area contributed by atoms with Gasteiger partial charge in [-0.3, -0.25) is 0 Å². The Kier molecular flexibility index (Phi) is 4.22. The molecule has 1 unspecified atom stereocenters. The van der Waals surface area contributed by atoms with Crippen molar-refractivity contribution in [2.45, 2.75) is 32.2 Å². The Labute approximate surface area is 118 Å². The van der Waals surface area contributed by atoms with Crippen molar-refractivity contribution in [3.05, 3.63) is 47.1 Å². The molecule has 1 heterocycles. The number of benzene rings is 1. The summed E-state index contributed by atoms with van der Waals surface area (Å²) < 4.78 is 5.25. The molecule has 0 spiro atoms. The summed E-state index contributed by atoms with van der Waals surface area (Å²) in [5.74, 6) is 2.05. The van der Waals surface area contributed by atoms with Gasteiger partial charge in [0.25, 0.3) is 0 Å². The third-order valence-corrected chi connectivity index (χ3v) is 3.35. The molecule has 2 aromatic rings. The number of nitrogens with zero attached hydrogens (tertiary/aromatic N) is 2. The molecule has 0 aliphatic heterocycles. The summed E-state index contributed by atoms with van der Waals surface area (Å²) in [4.78, 5) is 4.39. The van der Waals surface area contributed by atoms with Gasteiger partial charge in [0, 0.05) is 6.42 Å². The van der Waals surface area contributed by atoms with Crippen molar-refractivity contribution < 1.29 is 4.52 Å². The van der Waals surface area contributed by atoms with Gasteiger partial charge >= 0.3 is 0 Å². The van der Waals surface area contributed by atoms with E-state index < -0.39 is 0 Å². The Hall–Kier alpha value is -1.39. The zero-order valence-electron chi connectivity index (χ0n) is 10.9. The van der Waals surface area contributed by atoms with Gasteiger partial charge in [-0.25, -0.2) is 0 Å². The molecule has 1 aromatic heterocycles. The average Bonchev–Trinajstić information content (AvgIpc) is 3.05. The first-order chi connectivity index (χ1) is 8.72. The van der Waals surface area contributed by atoms with E-state index in [0.717, 1.165) is 23.7 Å². The molecule has 0 bridgehead atoms. The van der Waals surface area contributed by atoms with Crippen LogP contribution in [0.5, 0.6) is 0 Å². The van der Waals surface area contributed by atoms with E-state index in [1.807, 2.05) is 24.3 Å². The minimum Gasteiger partial charge on any atom is -0.337 e. The molecular formula is C14H18ClN3O. The maximum atomic E-state index is 6.13. The van der Waals surface area contributed by atoms with E-state index >= 15 is 0 Å². The van der Waals surface area contributed by atoms with Gasteiger partial charge in [0.2, 0.25) is 5.89 Å². The SMILES string of the molecule is Cc1ccc(C(N)c2nc(CC3CC3)no2)cc1.Cl. The van der Waals surface area contributed by atoms with Crippen LogP contribution in [0.3, 0.4) is 0 Å². The molecule has 1 fully saturated rings. The van der Waals surface area contributed by atoms with Gasteiger partial charge in [-0.05, 0) is 31.2 Å². The lowest BCUT2D eigenvalue weighted by Crippen LogP contribution is -2.12. The number of hydrogen-bond donors (Lipinski definition) is 1. The summed E-state index contributed by atoms with van der Waals surface area (Å²) in [5, 5.41) is 3.99. The first-order valence-electron chi connectivity index (χ1n) is 6.37. The molecule has 3 rings (SSSR count). The third kappa shape index (κ3) is 3.33. The van der Waals surface area contributed by atoms with Crippen LogP contribution in [0.1, 0.15) is 41.7 Å². The van der Waals surface area contributed by atoms with Gasteiger partial charge in [0.1, 0.15) is 6.04 Å². The second kappa shape index (κ2) is 5.72. The highest BCUT2D eigenvalue weighted by molar-refractivity contribution is 5.85. The van der Waals surface area contributed by atoms with Crippen molar-refractivity contribution in [1.29, 1.82) is 0 Å². The Bertz CT molecular complexity index is 534. The van der Waals surface area contributed by atoms with E-state index in [0.29, 0.717) is 5.89 Å². The lowest BCUT2D eigenvalue weighted by Gasteiger charge is -2.06. The van der Waals surface area contributed by atoms with E-state index in [1.54, 1.807) is 0 Å². The second-order valence-corrected chi connectivity index (χ2v) is 5.08. The minimum atomic E-state index is -0.328. The van der Waals surface area contributed by atoms with Crippen LogP contribution in [-0.2, 0) is 6.42 Å². The normalized spacial score (nSPS) is 15.9. The monoisotopic (exact) mass is 279 g/mol. The molecule has 19 heavy (non-hydrogen) atoms. The summed E-state index contributed by atoms with van der Waals surface area (Å²) in [6, 6.07) is 7.76. The maximum absolute atomic E-state index is 6.13. The Morgan fingerprint density at radius 3 is 2.63 bits per heavy atom. The lowest BCUT2D eigenvalue weighted by molar-refractivity contribution is 0.362. The smallest absolute Gasteiger partial charge is 0.248 e. The van der Waals surface area contributed by atoms with Gasteiger partial charge in [0.05, 0.1) is 0 Å². The van der Waals surface area contributed by atoms with Crippen LogP contribution in [0.2, 0.25) is 0 Å². The molecule has 0 amide bonds. The van der Waals surface area contributed by atoms with Crippen LogP contribution in [-0.4, -0.2) is 10.1 Å². The Morgan fingerprint density at radius 2 is 2.00 bits per heavy atom. The predicted octanol–water partition coefficient (Wildman–Crippen LogP) is 2.80. The molecule has 102 valence electrons. The number of aryl methyl sites for hydroxylation is 1. The largest absolute Gasteiger partial charge is 0.337 e. The van der Waals surface area contributed by atoms with Crippen LogP contribution in [0.15, 0.2) is 28.8 Å². The van der Waals surface area contributed by atoms with E-state index in [2.05, 4.69) is 17.1 Å². The van der Waals surface area contributed by atoms with Crippen LogP contribution in [0, 0.1) is 12.8 Å². The topological polar surface area (TPSA) is 64.9 Å². The predicted molar refractivity (Wildman–Crippen MR) is 75.2 cm³/mol. The summed E-state index contributed by atoms with van der Waals surface area (Å²) in [6.07, 6.45) is 3.49. The lowest BCUT2D eigenvalue weighted by atomic mass is 10.1. The van der Waals surface area contributed by atoms with Crippen molar-refractivity contribution >= 4 is 12.4 Å². The fourth-order valence-corrected chi connectivity index (χ4v) is 1.97. The average molecular weight is 280 g/mol. The molecule has 0 radical (unpaired) electrons. The highest BCUT2D eigenvalue weighted by Crippen LogP contribution is 2.32. The number of aromatic nitrogens is 2. The number of halogens is 1. The molecule has 1 aliphatic rings. The van der Waals surface area contributed by atoms with Crippen molar-refractivity contribution in [2.24, 2.45) is 11.7 Å². The fraction of sp³-hybridized carbons (Fsp3) is 0.429. The Balaban J connectivity index is 0.00000133. The quantitative estimate of drug-likeness (QED) is 0.935. The number of nitrogens with two attached hydrogens (primary N) is 1.